The van der Waals surface area contributed by atoms with Gasteiger partial charge in [-0.1, -0.05) is 17.7 Å². The number of Topliss-reactive ketones (excluding diaryl/α,β-unsaturated/α-hetero) is 1. The second-order valence-corrected chi connectivity index (χ2v) is 6.12. The van der Waals surface area contributed by atoms with Crippen LogP contribution < -0.4 is 15.4 Å². The van der Waals surface area contributed by atoms with E-state index in [1.54, 1.807) is 31.4 Å². The number of methoxy groups -OCH3 is 1. The lowest BCUT2D eigenvalue weighted by Gasteiger charge is -2.08. The van der Waals surface area contributed by atoms with Gasteiger partial charge in [0.05, 0.1) is 7.11 Å². The second kappa shape index (κ2) is 9.42. The smallest absolute Gasteiger partial charge is 0.248 e. The first-order chi connectivity index (χ1) is 12.5. The Morgan fingerprint density at radius 1 is 1.04 bits per heavy atom. The monoisotopic (exact) mass is 352 g/mol. The fraction of sp³-hybridized carbons (Fsp3) is 0.238. The fourth-order valence-corrected chi connectivity index (χ4v) is 2.38. The molecule has 2 aromatic carbocycles. The summed E-state index contributed by atoms with van der Waals surface area (Å²) in [5, 5.41) is 5.98. The maximum absolute atomic E-state index is 12.4. The van der Waals surface area contributed by atoms with Crippen LogP contribution in [0.4, 0.5) is 11.4 Å². The third-order valence-corrected chi connectivity index (χ3v) is 3.64. The number of carbonyl (C=O) groups excluding carboxylic acids is 2. The Morgan fingerprint density at radius 3 is 2.42 bits per heavy atom. The molecule has 26 heavy (non-hydrogen) atoms. The Morgan fingerprint density at radius 2 is 1.77 bits per heavy atom. The Labute approximate surface area is 154 Å². The van der Waals surface area contributed by atoms with Gasteiger partial charge in [0.25, 0.3) is 0 Å². The number of nitrogens with one attached hydrogen (secondary N) is 2. The molecule has 0 aliphatic carbocycles. The average molecular weight is 352 g/mol. The number of ether oxygens (including phenoxy) is 1. The molecule has 5 nitrogen and oxygen atoms in total. The van der Waals surface area contributed by atoms with Gasteiger partial charge in [0.2, 0.25) is 5.91 Å². The molecule has 0 heterocycles. The van der Waals surface area contributed by atoms with Gasteiger partial charge >= 0.3 is 0 Å². The van der Waals surface area contributed by atoms with Crippen molar-refractivity contribution < 1.29 is 14.3 Å². The van der Waals surface area contributed by atoms with Crippen LogP contribution in [-0.2, 0) is 4.79 Å². The number of amides is 1. The molecule has 5 heteroatoms. The van der Waals surface area contributed by atoms with Gasteiger partial charge in [-0.2, -0.15) is 0 Å². The van der Waals surface area contributed by atoms with Gasteiger partial charge in [0.15, 0.2) is 5.78 Å². The van der Waals surface area contributed by atoms with E-state index in [1.165, 1.54) is 6.08 Å². The van der Waals surface area contributed by atoms with E-state index >= 15 is 0 Å². The van der Waals surface area contributed by atoms with E-state index in [1.807, 2.05) is 38.1 Å². The van der Waals surface area contributed by atoms with E-state index in [2.05, 4.69) is 10.6 Å². The van der Waals surface area contributed by atoms with E-state index in [4.69, 9.17) is 4.74 Å². The van der Waals surface area contributed by atoms with Crippen molar-refractivity contribution in [2.24, 2.45) is 0 Å². The standard InChI is InChI=1S/C21H24N2O3/c1-15(2)13-21(25)23-18-6-4-5-16(14-18)20(24)11-12-22-17-7-9-19(26-3)10-8-17/h4-10,13-14,22H,11-12H2,1-3H3,(H,23,25). The van der Waals surface area contributed by atoms with Gasteiger partial charge in [-0.15, -0.1) is 0 Å². The molecule has 2 rings (SSSR count). The summed E-state index contributed by atoms with van der Waals surface area (Å²) in [6, 6.07) is 14.5. The molecule has 0 spiro atoms. The highest BCUT2D eigenvalue weighted by Gasteiger charge is 2.07. The summed E-state index contributed by atoms with van der Waals surface area (Å²) in [7, 11) is 1.62. The van der Waals surface area contributed by atoms with E-state index in [0.29, 0.717) is 24.2 Å². The number of benzene rings is 2. The lowest BCUT2D eigenvalue weighted by Crippen LogP contribution is -2.11. The predicted octanol–water partition coefficient (Wildman–Crippen LogP) is 4.28. The highest BCUT2D eigenvalue weighted by atomic mass is 16.5. The summed E-state index contributed by atoms with van der Waals surface area (Å²) in [6.07, 6.45) is 1.88. The first-order valence-corrected chi connectivity index (χ1v) is 8.45. The number of hydrogen-bond acceptors (Lipinski definition) is 4. The molecule has 0 saturated carbocycles. The topological polar surface area (TPSA) is 67.4 Å². The average Bonchev–Trinajstić information content (AvgIpc) is 2.61. The molecular formula is C21H24N2O3. The van der Waals surface area contributed by atoms with Gasteiger partial charge in [-0.25, -0.2) is 0 Å². The summed E-state index contributed by atoms with van der Waals surface area (Å²) < 4.78 is 5.11. The second-order valence-electron chi connectivity index (χ2n) is 6.12. The Balaban J connectivity index is 1.89. The van der Waals surface area contributed by atoms with Crippen LogP contribution in [0.5, 0.6) is 5.75 Å². The summed E-state index contributed by atoms with van der Waals surface area (Å²) in [6.45, 7) is 4.24. The number of ketones is 1. The van der Waals surface area contributed by atoms with Crippen molar-refractivity contribution in [3.8, 4) is 5.75 Å². The van der Waals surface area contributed by atoms with Crippen molar-refractivity contribution in [1.29, 1.82) is 0 Å². The fourth-order valence-electron chi connectivity index (χ4n) is 2.38. The zero-order chi connectivity index (χ0) is 18.9. The molecule has 0 saturated heterocycles. The van der Waals surface area contributed by atoms with Gasteiger partial charge in [-0.3, -0.25) is 9.59 Å². The molecule has 2 N–H and O–H groups in total. The van der Waals surface area contributed by atoms with Crippen molar-refractivity contribution >= 4 is 23.1 Å². The van der Waals surface area contributed by atoms with Gasteiger partial charge in [0.1, 0.15) is 5.75 Å². The summed E-state index contributed by atoms with van der Waals surface area (Å²) in [4.78, 5) is 24.2. The molecule has 0 aromatic heterocycles. The maximum Gasteiger partial charge on any atom is 0.248 e. The number of carbonyl (C=O) groups is 2. The van der Waals surface area contributed by atoms with E-state index < -0.39 is 0 Å². The van der Waals surface area contributed by atoms with Gasteiger partial charge < -0.3 is 15.4 Å². The van der Waals surface area contributed by atoms with Crippen LogP contribution in [-0.4, -0.2) is 25.3 Å². The van der Waals surface area contributed by atoms with Gasteiger partial charge in [-0.05, 0) is 50.2 Å². The third kappa shape index (κ3) is 6.09. The van der Waals surface area contributed by atoms with E-state index in [0.717, 1.165) is 17.0 Å². The normalized spacial score (nSPS) is 9.96. The van der Waals surface area contributed by atoms with Crippen LogP contribution in [0, 0.1) is 0 Å². The molecule has 0 atom stereocenters. The Bertz CT molecular complexity index is 791. The first-order valence-electron chi connectivity index (χ1n) is 8.45. The van der Waals surface area contributed by atoms with Crippen LogP contribution >= 0.6 is 0 Å². The van der Waals surface area contributed by atoms with Crippen LogP contribution in [0.3, 0.4) is 0 Å². The number of anilines is 2. The zero-order valence-corrected chi connectivity index (χ0v) is 15.3. The molecule has 0 aliphatic rings. The minimum atomic E-state index is -0.198. The lowest BCUT2D eigenvalue weighted by molar-refractivity contribution is -0.111. The lowest BCUT2D eigenvalue weighted by atomic mass is 10.1. The van der Waals surface area contributed by atoms with Crippen molar-refractivity contribution in [2.45, 2.75) is 20.3 Å². The molecule has 0 aliphatic heterocycles. The van der Waals surface area contributed by atoms with Crippen molar-refractivity contribution in [2.75, 3.05) is 24.3 Å². The molecule has 2 aromatic rings. The van der Waals surface area contributed by atoms with Crippen molar-refractivity contribution in [3.63, 3.8) is 0 Å². The third-order valence-electron chi connectivity index (χ3n) is 3.64. The summed E-state index contributed by atoms with van der Waals surface area (Å²) in [5.74, 6) is 0.610. The Kier molecular flexibility index (Phi) is 6.97. The van der Waals surface area contributed by atoms with E-state index in [-0.39, 0.29) is 11.7 Å². The number of allylic oxidation sites excluding steroid dienone is 1. The SMILES string of the molecule is COc1ccc(NCCC(=O)c2cccc(NC(=O)C=C(C)C)c2)cc1. The van der Waals surface area contributed by atoms with Gasteiger partial charge in [0, 0.05) is 36.0 Å². The maximum atomic E-state index is 12.4. The summed E-state index contributed by atoms with van der Waals surface area (Å²) in [5.41, 5.74) is 3.04. The largest absolute Gasteiger partial charge is 0.497 e. The van der Waals surface area contributed by atoms with Crippen LogP contribution in [0.15, 0.2) is 60.2 Å². The van der Waals surface area contributed by atoms with Crippen molar-refractivity contribution in [1.82, 2.24) is 0 Å². The van der Waals surface area contributed by atoms with Crippen LogP contribution in [0.2, 0.25) is 0 Å². The highest BCUT2D eigenvalue weighted by molar-refractivity contribution is 6.01. The molecule has 0 radical (unpaired) electrons. The highest BCUT2D eigenvalue weighted by Crippen LogP contribution is 2.16. The summed E-state index contributed by atoms with van der Waals surface area (Å²) >= 11 is 0. The molecule has 0 fully saturated rings. The van der Waals surface area contributed by atoms with Crippen molar-refractivity contribution in [3.05, 3.63) is 65.7 Å². The minimum Gasteiger partial charge on any atom is -0.497 e. The number of hydrogen-bond donors (Lipinski definition) is 2. The molecule has 1 amide bonds. The molecule has 0 bridgehead atoms. The quantitative estimate of drug-likeness (QED) is 0.549. The molecule has 0 unspecified atom stereocenters. The molecular weight excluding hydrogens is 328 g/mol. The first kappa shape index (κ1) is 19.2. The Hall–Kier alpha value is -3.08. The van der Waals surface area contributed by atoms with Crippen LogP contribution in [0.1, 0.15) is 30.6 Å². The van der Waals surface area contributed by atoms with E-state index in [9.17, 15) is 9.59 Å². The predicted molar refractivity (Wildman–Crippen MR) is 105 cm³/mol. The molecule has 136 valence electrons. The van der Waals surface area contributed by atoms with Crippen LogP contribution in [0.25, 0.3) is 0 Å². The zero-order valence-electron chi connectivity index (χ0n) is 15.3. The minimum absolute atomic E-state index is 0.0179. The number of rotatable bonds is 8.